The lowest BCUT2D eigenvalue weighted by Crippen LogP contribution is -2.32. The molecule has 18 heavy (non-hydrogen) atoms. The summed E-state index contributed by atoms with van der Waals surface area (Å²) in [7, 11) is 0. The molecule has 2 N–H and O–H groups in total. The second-order valence-electron chi connectivity index (χ2n) is 3.73. The topological polar surface area (TPSA) is 56.0 Å². The predicted molar refractivity (Wildman–Crippen MR) is 62.8 cm³/mol. The van der Waals surface area contributed by atoms with Gasteiger partial charge in [-0.25, -0.2) is 0 Å². The van der Waals surface area contributed by atoms with Crippen molar-refractivity contribution < 1.29 is 13.6 Å². The molecule has 1 amide bonds. The van der Waals surface area contributed by atoms with Gasteiger partial charge < -0.3 is 5.73 Å². The largest absolute Gasteiger partial charge is 0.364 e. The first-order valence-corrected chi connectivity index (χ1v) is 5.21. The highest BCUT2D eigenvalue weighted by atomic mass is 19.3. The first-order valence-electron chi connectivity index (χ1n) is 5.21. The van der Waals surface area contributed by atoms with E-state index in [1.54, 1.807) is 24.4 Å². The molecule has 0 saturated carbocycles. The van der Waals surface area contributed by atoms with Crippen LogP contribution in [0.1, 0.15) is 5.56 Å². The SMILES string of the molecule is NC(=O)C(F)(F)c1ccc(-c2ccccn2)cc1. The molecular formula is C13H10F2N2O. The standard InChI is InChI=1S/C13H10F2N2O/c14-13(15,12(16)18)10-6-4-9(5-7-10)11-3-1-2-8-17-11/h1-8H,(H2,16,18). The number of halogens is 2. The van der Waals surface area contributed by atoms with Crippen molar-refractivity contribution in [2.75, 3.05) is 0 Å². The van der Waals surface area contributed by atoms with Gasteiger partial charge in [-0.05, 0) is 12.1 Å². The monoisotopic (exact) mass is 248 g/mol. The van der Waals surface area contributed by atoms with Crippen LogP contribution in [0.3, 0.4) is 0 Å². The summed E-state index contributed by atoms with van der Waals surface area (Å²) in [6, 6.07) is 10.6. The zero-order valence-corrected chi connectivity index (χ0v) is 9.31. The fourth-order valence-corrected chi connectivity index (χ4v) is 1.53. The molecule has 2 rings (SSSR count). The van der Waals surface area contributed by atoms with Gasteiger partial charge in [0.15, 0.2) is 0 Å². The number of hydrogen-bond donors (Lipinski definition) is 1. The van der Waals surface area contributed by atoms with Crippen molar-refractivity contribution in [1.82, 2.24) is 4.98 Å². The van der Waals surface area contributed by atoms with Gasteiger partial charge in [-0.3, -0.25) is 9.78 Å². The summed E-state index contributed by atoms with van der Waals surface area (Å²) in [5.41, 5.74) is 5.60. The summed E-state index contributed by atoms with van der Waals surface area (Å²) in [6.45, 7) is 0. The van der Waals surface area contributed by atoms with Gasteiger partial charge in [0.05, 0.1) is 5.69 Å². The van der Waals surface area contributed by atoms with Crippen LogP contribution in [0, 0.1) is 0 Å². The summed E-state index contributed by atoms with van der Waals surface area (Å²) >= 11 is 0. The molecule has 0 aliphatic heterocycles. The first-order chi connectivity index (χ1) is 8.51. The van der Waals surface area contributed by atoms with E-state index in [4.69, 9.17) is 0 Å². The summed E-state index contributed by atoms with van der Waals surface area (Å²) in [4.78, 5) is 14.7. The van der Waals surface area contributed by atoms with Gasteiger partial charge in [0.25, 0.3) is 5.91 Å². The van der Waals surface area contributed by atoms with Gasteiger partial charge in [-0.1, -0.05) is 30.3 Å². The molecule has 0 aliphatic carbocycles. The van der Waals surface area contributed by atoms with Crippen LogP contribution in [0.4, 0.5) is 8.78 Å². The third-order valence-corrected chi connectivity index (χ3v) is 2.52. The van der Waals surface area contributed by atoms with Crippen molar-refractivity contribution in [2.24, 2.45) is 5.73 Å². The molecule has 0 unspecified atom stereocenters. The normalized spacial score (nSPS) is 11.2. The minimum Gasteiger partial charge on any atom is -0.364 e. The van der Waals surface area contributed by atoms with Gasteiger partial charge in [0.1, 0.15) is 0 Å². The van der Waals surface area contributed by atoms with Crippen LogP contribution in [-0.2, 0) is 10.7 Å². The molecule has 0 fully saturated rings. The molecule has 1 aromatic heterocycles. The number of alkyl halides is 2. The first kappa shape index (κ1) is 12.2. The molecule has 0 radical (unpaired) electrons. The number of aromatic nitrogens is 1. The third-order valence-electron chi connectivity index (χ3n) is 2.52. The molecule has 0 atom stereocenters. The number of carbonyl (C=O) groups is 1. The zero-order valence-electron chi connectivity index (χ0n) is 9.31. The van der Waals surface area contributed by atoms with Gasteiger partial charge in [0, 0.05) is 17.3 Å². The van der Waals surface area contributed by atoms with E-state index in [9.17, 15) is 13.6 Å². The van der Waals surface area contributed by atoms with Gasteiger partial charge in [-0.15, -0.1) is 0 Å². The van der Waals surface area contributed by atoms with Crippen molar-refractivity contribution in [3.8, 4) is 11.3 Å². The van der Waals surface area contributed by atoms with Crippen LogP contribution in [0.15, 0.2) is 48.7 Å². The number of pyridine rings is 1. The van der Waals surface area contributed by atoms with E-state index >= 15 is 0 Å². The molecule has 5 heteroatoms. The summed E-state index contributed by atoms with van der Waals surface area (Å²) in [5, 5.41) is 0. The average Bonchev–Trinajstić information content (AvgIpc) is 2.40. The number of nitrogens with two attached hydrogens (primary N) is 1. The Kier molecular flexibility index (Phi) is 3.06. The van der Waals surface area contributed by atoms with Crippen LogP contribution in [0.2, 0.25) is 0 Å². The fourth-order valence-electron chi connectivity index (χ4n) is 1.53. The molecular weight excluding hydrogens is 238 g/mol. The lowest BCUT2D eigenvalue weighted by Gasteiger charge is -2.12. The molecule has 3 nitrogen and oxygen atoms in total. The van der Waals surface area contributed by atoms with Crippen LogP contribution in [0.25, 0.3) is 11.3 Å². The van der Waals surface area contributed by atoms with E-state index in [0.717, 1.165) is 0 Å². The second-order valence-corrected chi connectivity index (χ2v) is 3.73. The summed E-state index contributed by atoms with van der Waals surface area (Å²) in [6.07, 6.45) is 1.61. The molecule has 0 aliphatic rings. The highest BCUT2D eigenvalue weighted by molar-refractivity contribution is 5.83. The second kappa shape index (κ2) is 4.52. The van der Waals surface area contributed by atoms with Crippen LogP contribution in [0.5, 0.6) is 0 Å². The summed E-state index contributed by atoms with van der Waals surface area (Å²) < 4.78 is 26.6. The fraction of sp³-hybridized carbons (Fsp3) is 0.0769. The Balaban J connectivity index is 2.35. The van der Waals surface area contributed by atoms with E-state index < -0.39 is 17.4 Å². The van der Waals surface area contributed by atoms with E-state index in [2.05, 4.69) is 10.7 Å². The lowest BCUT2D eigenvalue weighted by atomic mass is 10.0. The maximum Gasteiger partial charge on any atom is 0.349 e. The Morgan fingerprint density at radius 2 is 1.78 bits per heavy atom. The van der Waals surface area contributed by atoms with Crippen molar-refractivity contribution in [3.05, 3.63) is 54.2 Å². The quantitative estimate of drug-likeness (QED) is 0.906. The van der Waals surface area contributed by atoms with Crippen molar-refractivity contribution in [1.29, 1.82) is 0 Å². The van der Waals surface area contributed by atoms with Crippen molar-refractivity contribution >= 4 is 5.91 Å². The number of benzene rings is 1. The van der Waals surface area contributed by atoms with Gasteiger partial charge in [0.2, 0.25) is 0 Å². The molecule has 0 saturated heterocycles. The highest BCUT2D eigenvalue weighted by Crippen LogP contribution is 2.29. The molecule has 1 heterocycles. The number of primary amides is 1. The lowest BCUT2D eigenvalue weighted by molar-refractivity contribution is -0.143. The Bertz CT molecular complexity index is 553. The smallest absolute Gasteiger partial charge is 0.349 e. The van der Waals surface area contributed by atoms with Crippen molar-refractivity contribution in [2.45, 2.75) is 5.92 Å². The zero-order chi connectivity index (χ0) is 13.2. The van der Waals surface area contributed by atoms with E-state index in [1.165, 1.54) is 24.3 Å². The average molecular weight is 248 g/mol. The van der Waals surface area contributed by atoms with E-state index in [0.29, 0.717) is 11.3 Å². The highest BCUT2D eigenvalue weighted by Gasteiger charge is 2.38. The minimum atomic E-state index is -3.65. The molecule has 0 spiro atoms. The molecule has 0 bridgehead atoms. The molecule has 1 aromatic carbocycles. The van der Waals surface area contributed by atoms with Crippen molar-refractivity contribution in [3.63, 3.8) is 0 Å². The Morgan fingerprint density at radius 1 is 1.11 bits per heavy atom. The molecule has 2 aromatic rings. The predicted octanol–water partition coefficient (Wildman–Crippen LogP) is 2.33. The third kappa shape index (κ3) is 2.20. The van der Waals surface area contributed by atoms with Crippen LogP contribution in [-0.4, -0.2) is 10.9 Å². The van der Waals surface area contributed by atoms with E-state index in [1.807, 2.05) is 0 Å². The number of carbonyl (C=O) groups excluding carboxylic acids is 1. The maximum absolute atomic E-state index is 13.3. The van der Waals surface area contributed by atoms with Crippen LogP contribution < -0.4 is 5.73 Å². The van der Waals surface area contributed by atoms with Crippen LogP contribution >= 0.6 is 0 Å². The number of rotatable bonds is 3. The Hall–Kier alpha value is -2.30. The van der Waals surface area contributed by atoms with E-state index in [-0.39, 0.29) is 0 Å². The Morgan fingerprint density at radius 3 is 2.28 bits per heavy atom. The number of amides is 1. The molecule has 92 valence electrons. The minimum absolute atomic E-state index is 0.422. The Labute approximate surface area is 102 Å². The van der Waals surface area contributed by atoms with Gasteiger partial charge >= 0.3 is 5.92 Å². The van der Waals surface area contributed by atoms with Gasteiger partial charge in [-0.2, -0.15) is 8.78 Å². The number of hydrogen-bond acceptors (Lipinski definition) is 2. The number of nitrogens with zero attached hydrogens (tertiary/aromatic N) is 1. The summed E-state index contributed by atoms with van der Waals surface area (Å²) in [5.74, 6) is -5.31. The maximum atomic E-state index is 13.3.